The Morgan fingerprint density at radius 3 is 2.72 bits per heavy atom. The molecule has 0 unspecified atom stereocenters. The average molecular weight is 435 g/mol. The number of nitrogens with zero attached hydrogens (tertiary/aromatic N) is 5. The summed E-state index contributed by atoms with van der Waals surface area (Å²) in [5.74, 6) is 2.31. The Hall–Kier alpha value is -2.36. The van der Waals surface area contributed by atoms with Crippen molar-refractivity contribution in [3.63, 3.8) is 0 Å². The summed E-state index contributed by atoms with van der Waals surface area (Å²) >= 11 is 7.43. The van der Waals surface area contributed by atoms with Crippen LogP contribution in [0.4, 0.5) is 0 Å². The van der Waals surface area contributed by atoms with Gasteiger partial charge in [0.1, 0.15) is 11.8 Å². The fourth-order valence-electron chi connectivity index (χ4n) is 2.49. The van der Waals surface area contributed by atoms with Crippen LogP contribution in [0, 0.1) is 0 Å². The molecule has 29 heavy (non-hydrogen) atoms. The third-order valence-electron chi connectivity index (χ3n) is 3.91. The molecule has 3 rings (SSSR count). The normalized spacial score (nSPS) is 10.9. The van der Waals surface area contributed by atoms with Crippen molar-refractivity contribution in [2.24, 2.45) is 7.05 Å². The third kappa shape index (κ3) is 6.59. The molecule has 0 spiro atoms. The van der Waals surface area contributed by atoms with Gasteiger partial charge >= 0.3 is 0 Å². The topological polar surface area (TPSA) is 87.0 Å². The van der Waals surface area contributed by atoms with Crippen molar-refractivity contribution in [1.82, 2.24) is 30.5 Å². The lowest BCUT2D eigenvalue weighted by molar-refractivity contribution is 0.269. The monoisotopic (exact) mass is 434 g/mol. The number of halogens is 1. The van der Waals surface area contributed by atoms with Gasteiger partial charge in [0.15, 0.2) is 11.5 Å². The third-order valence-corrected chi connectivity index (χ3v) is 5.15. The number of hydrogen-bond acceptors (Lipinski definition) is 8. The molecule has 10 heteroatoms. The molecule has 0 aliphatic carbocycles. The van der Waals surface area contributed by atoms with Crippen LogP contribution in [0.15, 0.2) is 41.7 Å². The lowest BCUT2D eigenvalue weighted by Gasteiger charge is -2.14. The number of aromatic nitrogens is 5. The summed E-state index contributed by atoms with van der Waals surface area (Å²) in [5, 5.41) is 16.1. The van der Waals surface area contributed by atoms with Crippen LogP contribution in [-0.2, 0) is 20.2 Å². The SMILES string of the molecule is CCOc1cc(CNCCSc2nnnn2C)ccc1OCc1ccc(Cl)nc1. The predicted molar refractivity (Wildman–Crippen MR) is 112 cm³/mol. The average Bonchev–Trinajstić information content (AvgIpc) is 3.13. The van der Waals surface area contributed by atoms with Crippen LogP contribution in [0.5, 0.6) is 11.5 Å². The number of rotatable bonds is 11. The van der Waals surface area contributed by atoms with E-state index in [-0.39, 0.29) is 0 Å². The molecule has 0 amide bonds. The summed E-state index contributed by atoms with van der Waals surface area (Å²) in [7, 11) is 1.83. The maximum Gasteiger partial charge on any atom is 0.209 e. The zero-order valence-electron chi connectivity index (χ0n) is 16.3. The standard InChI is InChI=1S/C19H23ClN6O2S/c1-3-27-17-10-14(11-21-8-9-29-19-23-24-25-26(19)2)4-6-16(17)28-13-15-5-7-18(20)22-12-15/h4-7,10,12,21H,3,8-9,11,13H2,1-2H3. The van der Waals surface area contributed by atoms with E-state index in [0.29, 0.717) is 24.1 Å². The van der Waals surface area contributed by atoms with Crippen LogP contribution in [-0.4, -0.2) is 44.1 Å². The maximum absolute atomic E-state index is 5.91. The second kappa shape index (κ2) is 11.0. The van der Waals surface area contributed by atoms with E-state index in [1.54, 1.807) is 28.7 Å². The summed E-state index contributed by atoms with van der Waals surface area (Å²) in [6.45, 7) is 4.49. The van der Waals surface area contributed by atoms with Crippen molar-refractivity contribution in [3.8, 4) is 11.5 Å². The second-order valence-corrected chi connectivity index (χ2v) is 7.55. The number of thioether (sulfide) groups is 1. The number of pyridine rings is 1. The van der Waals surface area contributed by atoms with Crippen molar-refractivity contribution < 1.29 is 9.47 Å². The summed E-state index contributed by atoms with van der Waals surface area (Å²) in [6, 6.07) is 9.61. The molecule has 0 radical (unpaired) electrons. The van der Waals surface area contributed by atoms with Gasteiger partial charge in [0.25, 0.3) is 0 Å². The van der Waals surface area contributed by atoms with E-state index < -0.39 is 0 Å². The van der Waals surface area contributed by atoms with Crippen molar-refractivity contribution in [3.05, 3.63) is 52.8 Å². The zero-order valence-corrected chi connectivity index (χ0v) is 17.9. The second-order valence-electron chi connectivity index (χ2n) is 6.10. The van der Waals surface area contributed by atoms with E-state index in [1.807, 2.05) is 38.2 Å². The van der Waals surface area contributed by atoms with E-state index in [4.69, 9.17) is 21.1 Å². The molecule has 1 aromatic carbocycles. The minimum Gasteiger partial charge on any atom is -0.490 e. The molecule has 154 valence electrons. The van der Waals surface area contributed by atoms with Crippen LogP contribution in [0.1, 0.15) is 18.1 Å². The first-order valence-electron chi connectivity index (χ1n) is 9.20. The lowest BCUT2D eigenvalue weighted by atomic mass is 10.2. The summed E-state index contributed by atoms with van der Waals surface area (Å²) < 4.78 is 13.3. The van der Waals surface area contributed by atoms with E-state index >= 15 is 0 Å². The lowest BCUT2D eigenvalue weighted by Crippen LogP contribution is -2.17. The van der Waals surface area contributed by atoms with Crippen LogP contribution in [0.2, 0.25) is 5.15 Å². The molecule has 0 aliphatic heterocycles. The molecule has 2 heterocycles. The van der Waals surface area contributed by atoms with E-state index in [9.17, 15) is 0 Å². The fraction of sp³-hybridized carbons (Fsp3) is 0.368. The molecule has 0 saturated carbocycles. The maximum atomic E-state index is 5.91. The number of ether oxygens (including phenoxy) is 2. The molecule has 0 saturated heterocycles. The van der Waals surface area contributed by atoms with Gasteiger partial charge in [-0.3, -0.25) is 0 Å². The van der Waals surface area contributed by atoms with Crippen LogP contribution in [0.25, 0.3) is 0 Å². The quantitative estimate of drug-likeness (QED) is 0.280. The van der Waals surface area contributed by atoms with Crippen molar-refractivity contribution in [1.29, 1.82) is 0 Å². The van der Waals surface area contributed by atoms with Gasteiger partial charge in [-0.2, -0.15) is 0 Å². The fourth-order valence-corrected chi connectivity index (χ4v) is 3.35. The van der Waals surface area contributed by atoms with Gasteiger partial charge < -0.3 is 14.8 Å². The molecule has 0 bridgehead atoms. The first-order valence-corrected chi connectivity index (χ1v) is 10.6. The largest absolute Gasteiger partial charge is 0.490 e. The van der Waals surface area contributed by atoms with Crippen LogP contribution in [0.3, 0.4) is 0 Å². The Balaban J connectivity index is 1.50. The Morgan fingerprint density at radius 1 is 1.14 bits per heavy atom. The predicted octanol–water partition coefficient (Wildman–Crippen LogP) is 3.12. The highest BCUT2D eigenvalue weighted by molar-refractivity contribution is 7.99. The van der Waals surface area contributed by atoms with Gasteiger partial charge in [-0.05, 0) is 41.1 Å². The Kier molecular flexibility index (Phi) is 8.09. The van der Waals surface area contributed by atoms with Crippen molar-refractivity contribution in [2.75, 3.05) is 18.9 Å². The van der Waals surface area contributed by atoms with E-state index in [0.717, 1.165) is 40.9 Å². The molecule has 0 aliphatic rings. The molecular formula is C19H23ClN6O2S. The van der Waals surface area contributed by atoms with E-state index in [2.05, 4.69) is 25.8 Å². The molecular weight excluding hydrogens is 412 g/mol. The molecule has 3 aromatic rings. The first-order chi connectivity index (χ1) is 14.2. The Labute approximate surface area is 179 Å². The molecule has 1 N–H and O–H groups in total. The van der Waals surface area contributed by atoms with Gasteiger partial charge in [-0.1, -0.05) is 35.5 Å². The number of hydrogen-bond donors (Lipinski definition) is 1. The summed E-state index contributed by atoms with van der Waals surface area (Å²) in [5.41, 5.74) is 2.07. The number of benzene rings is 1. The Bertz CT molecular complexity index is 906. The number of tetrazole rings is 1. The zero-order chi connectivity index (χ0) is 20.5. The van der Waals surface area contributed by atoms with Gasteiger partial charge in [-0.25, -0.2) is 9.67 Å². The highest BCUT2D eigenvalue weighted by Gasteiger charge is 2.08. The minimum absolute atomic E-state index is 0.399. The number of aryl methyl sites for hydroxylation is 1. The summed E-state index contributed by atoms with van der Waals surface area (Å²) in [6.07, 6.45) is 1.70. The van der Waals surface area contributed by atoms with Gasteiger partial charge in [0.05, 0.1) is 6.61 Å². The molecule has 8 nitrogen and oxygen atoms in total. The number of nitrogens with one attached hydrogen (secondary N) is 1. The molecule has 0 fully saturated rings. The van der Waals surface area contributed by atoms with Crippen LogP contribution < -0.4 is 14.8 Å². The molecule has 2 aromatic heterocycles. The first kappa shape index (κ1) is 21.4. The minimum atomic E-state index is 0.399. The van der Waals surface area contributed by atoms with Crippen LogP contribution >= 0.6 is 23.4 Å². The van der Waals surface area contributed by atoms with Gasteiger partial charge in [-0.15, -0.1) is 5.10 Å². The summed E-state index contributed by atoms with van der Waals surface area (Å²) in [4.78, 5) is 4.07. The van der Waals surface area contributed by atoms with Gasteiger partial charge in [0, 0.05) is 37.7 Å². The highest BCUT2D eigenvalue weighted by Crippen LogP contribution is 2.29. The van der Waals surface area contributed by atoms with Crippen molar-refractivity contribution >= 4 is 23.4 Å². The highest BCUT2D eigenvalue weighted by atomic mass is 35.5. The van der Waals surface area contributed by atoms with E-state index in [1.165, 1.54) is 0 Å². The van der Waals surface area contributed by atoms with Crippen molar-refractivity contribution in [2.45, 2.75) is 25.2 Å². The smallest absolute Gasteiger partial charge is 0.209 e. The van der Waals surface area contributed by atoms with Gasteiger partial charge in [0.2, 0.25) is 5.16 Å². The Morgan fingerprint density at radius 2 is 2.00 bits per heavy atom. The molecule has 0 atom stereocenters.